The molecule has 2 nitrogen and oxygen atoms in total. The van der Waals surface area contributed by atoms with Gasteiger partial charge in [0, 0.05) is 18.7 Å². The number of carbonyl (C=O) groups is 1. The maximum Gasteiger partial charge on any atom is 0.229 e. The van der Waals surface area contributed by atoms with Crippen LogP contribution in [0.5, 0.6) is 0 Å². The van der Waals surface area contributed by atoms with Crippen molar-refractivity contribution in [2.24, 2.45) is 11.8 Å². The Balaban J connectivity index is 2.53. The van der Waals surface area contributed by atoms with Gasteiger partial charge in [-0.1, -0.05) is 13.0 Å². The van der Waals surface area contributed by atoms with Gasteiger partial charge in [0.1, 0.15) is 0 Å². The SMILES string of the molecule is CC=C(C)N(C)C(=O)C1CC1C. The largest absolute Gasteiger partial charge is 0.320 e. The molecular formula is C10H17NO. The van der Waals surface area contributed by atoms with Crippen LogP contribution < -0.4 is 0 Å². The van der Waals surface area contributed by atoms with Gasteiger partial charge in [0.2, 0.25) is 5.91 Å². The minimum atomic E-state index is 0.276. The first-order valence-corrected chi connectivity index (χ1v) is 4.48. The molecule has 1 rings (SSSR count). The van der Waals surface area contributed by atoms with Crippen molar-refractivity contribution < 1.29 is 4.79 Å². The molecule has 0 aromatic carbocycles. The summed E-state index contributed by atoms with van der Waals surface area (Å²) in [7, 11) is 1.85. The zero-order valence-corrected chi connectivity index (χ0v) is 8.29. The highest BCUT2D eigenvalue weighted by Gasteiger charge is 2.40. The molecule has 2 atom stereocenters. The van der Waals surface area contributed by atoms with E-state index in [1.54, 1.807) is 4.90 Å². The lowest BCUT2D eigenvalue weighted by molar-refractivity contribution is -0.129. The molecule has 0 aliphatic heterocycles. The second-order valence-electron chi connectivity index (χ2n) is 3.65. The second-order valence-corrected chi connectivity index (χ2v) is 3.65. The number of amides is 1. The Hall–Kier alpha value is -0.790. The quantitative estimate of drug-likeness (QED) is 0.616. The van der Waals surface area contributed by atoms with Gasteiger partial charge in [0.05, 0.1) is 0 Å². The highest BCUT2D eigenvalue weighted by molar-refractivity contribution is 5.82. The Kier molecular flexibility index (Phi) is 2.55. The molecule has 1 saturated carbocycles. The molecule has 12 heavy (non-hydrogen) atoms. The third kappa shape index (κ3) is 1.68. The predicted octanol–water partition coefficient (Wildman–Crippen LogP) is 2.02. The number of allylic oxidation sites excluding steroid dienone is 2. The molecule has 2 unspecified atom stereocenters. The number of rotatable bonds is 2. The van der Waals surface area contributed by atoms with Gasteiger partial charge in [-0.25, -0.2) is 0 Å². The number of hydrogen-bond donors (Lipinski definition) is 0. The van der Waals surface area contributed by atoms with E-state index in [1.165, 1.54) is 0 Å². The Labute approximate surface area is 74.2 Å². The summed E-state index contributed by atoms with van der Waals surface area (Å²) >= 11 is 0. The van der Waals surface area contributed by atoms with E-state index in [0.717, 1.165) is 12.1 Å². The van der Waals surface area contributed by atoms with Gasteiger partial charge in [0.15, 0.2) is 0 Å². The van der Waals surface area contributed by atoms with Crippen LogP contribution in [0, 0.1) is 11.8 Å². The number of carbonyl (C=O) groups excluding carboxylic acids is 1. The van der Waals surface area contributed by atoms with E-state index >= 15 is 0 Å². The third-order valence-corrected chi connectivity index (χ3v) is 2.70. The lowest BCUT2D eigenvalue weighted by atomic mass is 10.3. The van der Waals surface area contributed by atoms with E-state index in [1.807, 2.05) is 27.0 Å². The van der Waals surface area contributed by atoms with Crippen LogP contribution in [0.4, 0.5) is 0 Å². The summed E-state index contributed by atoms with van der Waals surface area (Å²) in [5.41, 5.74) is 1.04. The van der Waals surface area contributed by atoms with Crippen molar-refractivity contribution in [2.45, 2.75) is 27.2 Å². The molecule has 68 valence electrons. The summed E-state index contributed by atoms with van der Waals surface area (Å²) in [5.74, 6) is 1.17. The minimum Gasteiger partial charge on any atom is -0.320 e. The van der Waals surface area contributed by atoms with Crippen molar-refractivity contribution in [1.82, 2.24) is 4.90 Å². The van der Waals surface area contributed by atoms with Gasteiger partial charge >= 0.3 is 0 Å². The number of hydrogen-bond acceptors (Lipinski definition) is 1. The van der Waals surface area contributed by atoms with Crippen molar-refractivity contribution >= 4 is 5.91 Å². The minimum absolute atomic E-state index is 0.276. The zero-order valence-electron chi connectivity index (χ0n) is 8.29. The van der Waals surface area contributed by atoms with Crippen molar-refractivity contribution in [3.8, 4) is 0 Å². The maximum atomic E-state index is 11.6. The van der Waals surface area contributed by atoms with Crippen LogP contribution in [-0.2, 0) is 4.79 Å². The maximum absolute atomic E-state index is 11.6. The van der Waals surface area contributed by atoms with E-state index in [4.69, 9.17) is 0 Å². The summed E-state index contributed by atoms with van der Waals surface area (Å²) in [6.45, 7) is 6.04. The third-order valence-electron chi connectivity index (χ3n) is 2.70. The van der Waals surface area contributed by atoms with Crippen LogP contribution in [0.25, 0.3) is 0 Å². The van der Waals surface area contributed by atoms with Gasteiger partial charge < -0.3 is 4.90 Å². The monoisotopic (exact) mass is 167 g/mol. The van der Waals surface area contributed by atoms with Gasteiger partial charge in [-0.15, -0.1) is 0 Å². The number of nitrogens with zero attached hydrogens (tertiary/aromatic N) is 1. The van der Waals surface area contributed by atoms with Crippen LogP contribution >= 0.6 is 0 Å². The summed E-state index contributed by atoms with van der Waals surface area (Å²) in [6, 6.07) is 0. The molecule has 1 aliphatic rings. The average Bonchev–Trinajstić information content (AvgIpc) is 2.78. The van der Waals surface area contributed by atoms with Crippen LogP contribution in [0.15, 0.2) is 11.8 Å². The van der Waals surface area contributed by atoms with Gasteiger partial charge in [-0.3, -0.25) is 4.79 Å². The van der Waals surface area contributed by atoms with E-state index < -0.39 is 0 Å². The fourth-order valence-corrected chi connectivity index (χ4v) is 1.28. The van der Waals surface area contributed by atoms with E-state index in [-0.39, 0.29) is 5.91 Å². The lowest BCUT2D eigenvalue weighted by Crippen LogP contribution is -2.26. The summed E-state index contributed by atoms with van der Waals surface area (Å²) < 4.78 is 0. The smallest absolute Gasteiger partial charge is 0.229 e. The van der Waals surface area contributed by atoms with E-state index in [9.17, 15) is 4.79 Å². The lowest BCUT2D eigenvalue weighted by Gasteiger charge is -2.17. The topological polar surface area (TPSA) is 20.3 Å². The molecule has 0 saturated heterocycles. The average molecular weight is 167 g/mol. The van der Waals surface area contributed by atoms with E-state index in [2.05, 4.69) is 6.92 Å². The Morgan fingerprint density at radius 2 is 2.08 bits per heavy atom. The summed E-state index contributed by atoms with van der Waals surface area (Å²) in [6.07, 6.45) is 3.03. The van der Waals surface area contributed by atoms with Crippen LogP contribution in [0.1, 0.15) is 27.2 Å². The van der Waals surface area contributed by atoms with Gasteiger partial charge in [0.25, 0.3) is 0 Å². The molecular weight excluding hydrogens is 150 g/mol. The Bertz CT molecular complexity index is 220. The second kappa shape index (κ2) is 3.30. The first-order chi connectivity index (χ1) is 5.57. The summed E-state index contributed by atoms with van der Waals surface area (Å²) in [4.78, 5) is 13.4. The molecule has 2 heteroatoms. The van der Waals surface area contributed by atoms with E-state index in [0.29, 0.717) is 11.8 Å². The molecule has 1 amide bonds. The fraction of sp³-hybridized carbons (Fsp3) is 0.700. The van der Waals surface area contributed by atoms with Crippen molar-refractivity contribution in [3.05, 3.63) is 11.8 Å². The van der Waals surface area contributed by atoms with Gasteiger partial charge in [-0.2, -0.15) is 0 Å². The molecule has 0 N–H and O–H groups in total. The fourth-order valence-electron chi connectivity index (χ4n) is 1.28. The first kappa shape index (κ1) is 9.30. The van der Waals surface area contributed by atoms with Crippen LogP contribution in [0.2, 0.25) is 0 Å². The van der Waals surface area contributed by atoms with Crippen LogP contribution in [-0.4, -0.2) is 17.9 Å². The molecule has 0 bridgehead atoms. The normalized spacial score (nSPS) is 28.5. The standard InChI is InChI=1S/C10H17NO/c1-5-8(3)11(4)10(12)9-6-7(9)2/h5,7,9H,6H2,1-4H3. The predicted molar refractivity (Wildman–Crippen MR) is 49.5 cm³/mol. The molecule has 0 radical (unpaired) electrons. The van der Waals surface area contributed by atoms with Crippen molar-refractivity contribution in [2.75, 3.05) is 7.05 Å². The zero-order chi connectivity index (χ0) is 9.30. The Morgan fingerprint density at radius 3 is 2.42 bits per heavy atom. The molecule has 1 aliphatic carbocycles. The highest BCUT2D eigenvalue weighted by atomic mass is 16.2. The molecule has 0 heterocycles. The summed E-state index contributed by atoms with van der Waals surface area (Å²) in [5, 5.41) is 0. The van der Waals surface area contributed by atoms with Crippen molar-refractivity contribution in [1.29, 1.82) is 0 Å². The molecule has 0 aromatic heterocycles. The van der Waals surface area contributed by atoms with Crippen LogP contribution in [0.3, 0.4) is 0 Å². The molecule has 1 fully saturated rings. The first-order valence-electron chi connectivity index (χ1n) is 4.48. The van der Waals surface area contributed by atoms with Gasteiger partial charge in [-0.05, 0) is 26.2 Å². The Morgan fingerprint density at radius 1 is 1.58 bits per heavy atom. The molecule has 0 spiro atoms. The molecule has 0 aromatic rings. The van der Waals surface area contributed by atoms with Crippen molar-refractivity contribution in [3.63, 3.8) is 0 Å². The highest BCUT2D eigenvalue weighted by Crippen LogP contribution is 2.39.